The zero-order valence-electron chi connectivity index (χ0n) is 12.7. The summed E-state index contributed by atoms with van der Waals surface area (Å²) in [6, 6.07) is 15.4. The van der Waals surface area contributed by atoms with Crippen LogP contribution in [0, 0.1) is 21.4 Å². The third kappa shape index (κ3) is 4.61. The summed E-state index contributed by atoms with van der Waals surface area (Å²) in [5, 5.41) is 29.9. The second-order valence-electron chi connectivity index (χ2n) is 5.38. The molecule has 0 aliphatic carbocycles. The highest BCUT2D eigenvalue weighted by atomic mass is 16.6. The molecule has 0 saturated heterocycles. The molecule has 6 heteroatoms. The quantitative estimate of drug-likeness (QED) is 0.654. The van der Waals surface area contributed by atoms with Crippen molar-refractivity contribution in [2.45, 2.75) is 12.6 Å². The van der Waals surface area contributed by atoms with Crippen molar-refractivity contribution in [3.63, 3.8) is 0 Å². The number of nitriles is 1. The molecule has 0 fully saturated rings. The van der Waals surface area contributed by atoms with Gasteiger partial charge in [-0.25, -0.2) is 0 Å². The van der Waals surface area contributed by atoms with Gasteiger partial charge in [-0.1, -0.05) is 24.3 Å². The molecule has 2 aromatic carbocycles. The fourth-order valence-electron chi connectivity index (χ4n) is 2.36. The normalized spacial score (nSPS) is 11.9. The summed E-state index contributed by atoms with van der Waals surface area (Å²) in [4.78, 5) is 12.2. The van der Waals surface area contributed by atoms with E-state index in [1.54, 1.807) is 24.3 Å². The average Bonchev–Trinajstić information content (AvgIpc) is 2.55. The van der Waals surface area contributed by atoms with Gasteiger partial charge in [-0.3, -0.25) is 15.0 Å². The molecule has 2 rings (SSSR count). The number of hydrogen-bond acceptors (Lipinski definition) is 5. The molecule has 1 unspecified atom stereocenters. The Morgan fingerprint density at radius 2 is 2.04 bits per heavy atom. The first-order chi connectivity index (χ1) is 11.0. The molecule has 1 atom stereocenters. The average molecular weight is 311 g/mol. The molecule has 118 valence electrons. The van der Waals surface area contributed by atoms with Crippen molar-refractivity contribution in [1.82, 2.24) is 4.90 Å². The van der Waals surface area contributed by atoms with E-state index in [1.807, 2.05) is 24.1 Å². The van der Waals surface area contributed by atoms with Crippen molar-refractivity contribution in [2.75, 3.05) is 13.6 Å². The van der Waals surface area contributed by atoms with Gasteiger partial charge < -0.3 is 5.11 Å². The van der Waals surface area contributed by atoms with E-state index < -0.39 is 11.0 Å². The number of likely N-dealkylation sites (N-methyl/N-ethyl adjacent to an activating group) is 1. The van der Waals surface area contributed by atoms with Gasteiger partial charge in [0.1, 0.15) is 0 Å². The van der Waals surface area contributed by atoms with Gasteiger partial charge in [-0.15, -0.1) is 0 Å². The molecule has 0 bridgehead atoms. The predicted molar refractivity (Wildman–Crippen MR) is 85.5 cm³/mol. The summed E-state index contributed by atoms with van der Waals surface area (Å²) in [7, 11) is 1.85. The number of hydrogen-bond donors (Lipinski definition) is 1. The Balaban J connectivity index is 2.02. The highest BCUT2D eigenvalue weighted by Gasteiger charge is 2.14. The van der Waals surface area contributed by atoms with E-state index in [0.29, 0.717) is 24.2 Å². The van der Waals surface area contributed by atoms with Crippen LogP contribution in [0.1, 0.15) is 22.8 Å². The number of aliphatic hydroxyl groups is 1. The van der Waals surface area contributed by atoms with Gasteiger partial charge >= 0.3 is 0 Å². The second-order valence-corrected chi connectivity index (χ2v) is 5.38. The lowest BCUT2D eigenvalue weighted by Gasteiger charge is -2.21. The summed E-state index contributed by atoms with van der Waals surface area (Å²) in [5.41, 5.74) is 2.04. The molecule has 0 aliphatic rings. The van der Waals surface area contributed by atoms with E-state index >= 15 is 0 Å². The Morgan fingerprint density at radius 3 is 2.74 bits per heavy atom. The summed E-state index contributed by atoms with van der Waals surface area (Å²) in [6.07, 6.45) is -0.820. The third-order valence-corrected chi connectivity index (χ3v) is 3.46. The first kappa shape index (κ1) is 16.6. The molecular formula is C17H17N3O3. The van der Waals surface area contributed by atoms with Gasteiger partial charge in [0.15, 0.2) is 0 Å². The first-order valence-corrected chi connectivity index (χ1v) is 7.09. The van der Waals surface area contributed by atoms with Crippen LogP contribution >= 0.6 is 0 Å². The zero-order chi connectivity index (χ0) is 16.8. The van der Waals surface area contributed by atoms with Gasteiger partial charge in [0, 0.05) is 25.2 Å². The smallest absolute Gasteiger partial charge is 0.269 e. The molecule has 0 radical (unpaired) electrons. The van der Waals surface area contributed by atoms with Crippen LogP contribution < -0.4 is 0 Å². The zero-order valence-corrected chi connectivity index (χ0v) is 12.7. The molecule has 6 nitrogen and oxygen atoms in total. The predicted octanol–water partition coefficient (Wildman–Crippen LogP) is 2.63. The maximum absolute atomic E-state index is 10.8. The number of benzene rings is 2. The second kappa shape index (κ2) is 7.49. The monoisotopic (exact) mass is 311 g/mol. The number of nitro groups is 1. The molecular weight excluding hydrogens is 294 g/mol. The van der Waals surface area contributed by atoms with Crippen LogP contribution in [0.15, 0.2) is 48.5 Å². The van der Waals surface area contributed by atoms with Crippen molar-refractivity contribution < 1.29 is 10.0 Å². The molecule has 0 aromatic heterocycles. The molecule has 0 aliphatic heterocycles. The minimum absolute atomic E-state index is 0.0362. The fraction of sp³-hybridized carbons (Fsp3) is 0.235. The van der Waals surface area contributed by atoms with Gasteiger partial charge in [-0.2, -0.15) is 5.26 Å². The Kier molecular flexibility index (Phi) is 5.41. The van der Waals surface area contributed by atoms with E-state index in [9.17, 15) is 15.2 Å². The van der Waals surface area contributed by atoms with Crippen LogP contribution in [0.25, 0.3) is 0 Å². The van der Waals surface area contributed by atoms with Gasteiger partial charge in [0.2, 0.25) is 0 Å². The number of non-ortho nitro benzene ring substituents is 1. The number of rotatable bonds is 6. The van der Waals surface area contributed by atoms with Crippen molar-refractivity contribution in [3.05, 3.63) is 75.3 Å². The Hall–Kier alpha value is -2.75. The van der Waals surface area contributed by atoms with E-state index in [1.165, 1.54) is 12.1 Å². The van der Waals surface area contributed by atoms with Crippen molar-refractivity contribution >= 4 is 5.69 Å². The molecule has 0 heterocycles. The molecule has 0 spiro atoms. The van der Waals surface area contributed by atoms with Crippen molar-refractivity contribution in [3.8, 4) is 6.07 Å². The van der Waals surface area contributed by atoms with Gasteiger partial charge in [-0.05, 0) is 30.3 Å². The van der Waals surface area contributed by atoms with Gasteiger partial charge in [0.05, 0.1) is 22.7 Å². The van der Waals surface area contributed by atoms with Crippen LogP contribution in [0.2, 0.25) is 0 Å². The Morgan fingerprint density at radius 1 is 1.30 bits per heavy atom. The molecule has 1 N–H and O–H groups in total. The van der Waals surface area contributed by atoms with Crippen molar-refractivity contribution in [1.29, 1.82) is 5.26 Å². The Bertz CT molecular complexity index is 740. The van der Waals surface area contributed by atoms with Crippen LogP contribution in [0.4, 0.5) is 5.69 Å². The SMILES string of the molecule is CN(Cc1cccc(C#N)c1)CC(O)c1cccc([N+](=O)[O-])c1. The lowest BCUT2D eigenvalue weighted by atomic mass is 10.1. The Labute approximate surface area is 134 Å². The van der Waals surface area contributed by atoms with E-state index in [-0.39, 0.29) is 5.69 Å². The summed E-state index contributed by atoms with van der Waals surface area (Å²) < 4.78 is 0. The molecule has 0 amide bonds. The van der Waals surface area contributed by atoms with E-state index in [4.69, 9.17) is 5.26 Å². The van der Waals surface area contributed by atoms with Gasteiger partial charge in [0.25, 0.3) is 5.69 Å². The maximum Gasteiger partial charge on any atom is 0.269 e. The molecule has 0 saturated carbocycles. The topological polar surface area (TPSA) is 90.4 Å². The standard InChI is InChI=1S/C17H17N3O3/c1-19(11-14-5-2-4-13(8-14)10-18)12-17(21)15-6-3-7-16(9-15)20(22)23/h2-9,17,21H,11-12H2,1H3. The van der Waals surface area contributed by atoms with Crippen LogP contribution in [-0.4, -0.2) is 28.5 Å². The number of nitro benzene ring substituents is 1. The van der Waals surface area contributed by atoms with Crippen LogP contribution in [0.5, 0.6) is 0 Å². The summed E-state index contributed by atoms with van der Waals surface area (Å²) in [5.74, 6) is 0. The lowest BCUT2D eigenvalue weighted by molar-refractivity contribution is -0.385. The number of nitrogens with zero attached hydrogens (tertiary/aromatic N) is 3. The number of aliphatic hydroxyl groups excluding tert-OH is 1. The lowest BCUT2D eigenvalue weighted by Crippen LogP contribution is -2.24. The van der Waals surface area contributed by atoms with Crippen LogP contribution in [0.3, 0.4) is 0 Å². The summed E-state index contributed by atoms with van der Waals surface area (Å²) >= 11 is 0. The third-order valence-electron chi connectivity index (χ3n) is 3.46. The minimum atomic E-state index is -0.820. The maximum atomic E-state index is 10.8. The largest absolute Gasteiger partial charge is 0.387 e. The summed E-state index contributed by atoms with van der Waals surface area (Å²) in [6.45, 7) is 0.902. The first-order valence-electron chi connectivity index (χ1n) is 7.09. The molecule has 23 heavy (non-hydrogen) atoms. The molecule has 2 aromatic rings. The van der Waals surface area contributed by atoms with E-state index in [0.717, 1.165) is 5.56 Å². The minimum Gasteiger partial charge on any atom is -0.387 e. The fourth-order valence-corrected chi connectivity index (χ4v) is 2.36. The highest BCUT2D eigenvalue weighted by Crippen LogP contribution is 2.20. The van der Waals surface area contributed by atoms with Crippen molar-refractivity contribution in [2.24, 2.45) is 0 Å². The highest BCUT2D eigenvalue weighted by molar-refractivity contribution is 5.35. The van der Waals surface area contributed by atoms with E-state index in [2.05, 4.69) is 6.07 Å². The van der Waals surface area contributed by atoms with Crippen LogP contribution in [-0.2, 0) is 6.54 Å².